The average molecular weight is 405 g/mol. The summed E-state index contributed by atoms with van der Waals surface area (Å²) in [6.07, 6.45) is -2.29. The topological polar surface area (TPSA) is 119 Å². The van der Waals surface area contributed by atoms with Gasteiger partial charge in [-0.3, -0.25) is 14.4 Å². The Kier molecular flexibility index (Phi) is 9.74. The first kappa shape index (κ1) is 24.0. The molecule has 0 radical (unpaired) electrons. The molecular formula is C21H27NO7. The Morgan fingerprint density at radius 2 is 1.69 bits per heavy atom. The summed E-state index contributed by atoms with van der Waals surface area (Å²) in [4.78, 5) is 46.5. The predicted octanol–water partition coefficient (Wildman–Crippen LogP) is 2.02. The van der Waals surface area contributed by atoms with Crippen LogP contribution in [0.3, 0.4) is 0 Å². The van der Waals surface area contributed by atoms with E-state index in [9.17, 15) is 24.3 Å². The van der Waals surface area contributed by atoms with Crippen molar-refractivity contribution >= 4 is 29.7 Å². The van der Waals surface area contributed by atoms with Crippen LogP contribution in [-0.2, 0) is 28.7 Å². The Bertz CT molecular complexity index is 758. The molecule has 1 rings (SSSR count). The standard InChI is InChI=1S/C21H27NO7/c1-13(22-17-8-6-5-7-9-17)20(14(2)24)18(10-11-23)21(29-16(4)26)19(27)12-28-15(3)25/h5-9,11,18-19,21-22,27H,10,12H2,1-4H3/b20-13+/t18-,19+,21+/m1/s1. The number of nitrogens with one attached hydrogen (secondary N) is 1. The molecule has 8 heteroatoms. The van der Waals surface area contributed by atoms with E-state index in [2.05, 4.69) is 5.32 Å². The van der Waals surface area contributed by atoms with Crippen LogP contribution in [0.2, 0.25) is 0 Å². The highest BCUT2D eigenvalue weighted by Gasteiger charge is 2.36. The number of para-hydroxylation sites is 1. The van der Waals surface area contributed by atoms with E-state index in [1.54, 1.807) is 19.1 Å². The molecular weight excluding hydrogens is 378 g/mol. The number of ether oxygens (including phenoxy) is 2. The number of allylic oxidation sites excluding steroid dienone is 1. The number of esters is 2. The van der Waals surface area contributed by atoms with E-state index >= 15 is 0 Å². The Balaban J connectivity index is 3.35. The monoisotopic (exact) mass is 405 g/mol. The van der Waals surface area contributed by atoms with E-state index in [0.717, 1.165) is 12.6 Å². The molecule has 158 valence electrons. The highest BCUT2D eigenvalue weighted by molar-refractivity contribution is 5.95. The molecule has 0 spiro atoms. The van der Waals surface area contributed by atoms with Crippen molar-refractivity contribution in [1.29, 1.82) is 0 Å². The third kappa shape index (κ3) is 7.87. The van der Waals surface area contributed by atoms with Crippen LogP contribution in [0, 0.1) is 5.92 Å². The summed E-state index contributed by atoms with van der Waals surface area (Å²) in [6, 6.07) is 9.07. The van der Waals surface area contributed by atoms with Gasteiger partial charge in [0.05, 0.1) is 0 Å². The molecule has 1 aromatic carbocycles. The third-order valence-electron chi connectivity index (χ3n) is 4.15. The number of Topliss-reactive ketones (excluding diaryl/α,β-unsaturated/α-hetero) is 1. The van der Waals surface area contributed by atoms with Gasteiger partial charge in [0.25, 0.3) is 0 Å². The van der Waals surface area contributed by atoms with Crippen molar-refractivity contribution in [2.24, 2.45) is 5.92 Å². The van der Waals surface area contributed by atoms with Crippen LogP contribution in [0.1, 0.15) is 34.1 Å². The van der Waals surface area contributed by atoms with E-state index in [-0.39, 0.29) is 17.8 Å². The minimum Gasteiger partial charge on any atom is -0.463 e. The maximum Gasteiger partial charge on any atom is 0.303 e. The van der Waals surface area contributed by atoms with Gasteiger partial charge in [0.15, 0.2) is 5.78 Å². The number of hydrogen-bond acceptors (Lipinski definition) is 8. The molecule has 2 N–H and O–H groups in total. The van der Waals surface area contributed by atoms with Gasteiger partial charge in [0.2, 0.25) is 0 Å². The summed E-state index contributed by atoms with van der Waals surface area (Å²) in [5.41, 5.74) is 1.37. The lowest BCUT2D eigenvalue weighted by molar-refractivity contribution is -0.162. The van der Waals surface area contributed by atoms with Gasteiger partial charge in [-0.25, -0.2) is 0 Å². The molecule has 0 aromatic heterocycles. The third-order valence-corrected chi connectivity index (χ3v) is 4.15. The Hall–Kier alpha value is -3.00. The zero-order chi connectivity index (χ0) is 22.0. The smallest absolute Gasteiger partial charge is 0.303 e. The maximum absolute atomic E-state index is 12.4. The van der Waals surface area contributed by atoms with Gasteiger partial charge in [-0.2, -0.15) is 0 Å². The van der Waals surface area contributed by atoms with Crippen LogP contribution in [0.4, 0.5) is 5.69 Å². The van der Waals surface area contributed by atoms with Crippen LogP contribution in [-0.4, -0.2) is 47.9 Å². The van der Waals surface area contributed by atoms with Gasteiger partial charge in [-0.05, 0) is 26.0 Å². The van der Waals surface area contributed by atoms with Gasteiger partial charge in [-0.15, -0.1) is 0 Å². The predicted molar refractivity (Wildman–Crippen MR) is 106 cm³/mol. The van der Waals surface area contributed by atoms with Gasteiger partial charge >= 0.3 is 11.9 Å². The number of aliphatic hydroxyl groups excluding tert-OH is 1. The molecule has 0 aliphatic rings. The molecule has 0 saturated carbocycles. The highest BCUT2D eigenvalue weighted by Crippen LogP contribution is 2.28. The fourth-order valence-electron chi connectivity index (χ4n) is 3.05. The number of hydrogen-bond donors (Lipinski definition) is 2. The lowest BCUT2D eigenvalue weighted by Gasteiger charge is -2.31. The Morgan fingerprint density at radius 3 is 2.17 bits per heavy atom. The van der Waals surface area contributed by atoms with E-state index in [1.165, 1.54) is 13.8 Å². The van der Waals surface area contributed by atoms with Crippen molar-refractivity contribution in [2.45, 2.75) is 46.3 Å². The first-order chi connectivity index (χ1) is 13.7. The van der Waals surface area contributed by atoms with E-state index < -0.39 is 36.7 Å². The Labute approximate surface area is 169 Å². The quantitative estimate of drug-likeness (QED) is 0.326. The number of ketones is 1. The Morgan fingerprint density at radius 1 is 1.07 bits per heavy atom. The van der Waals surface area contributed by atoms with Crippen LogP contribution < -0.4 is 5.32 Å². The molecule has 0 saturated heterocycles. The van der Waals surface area contributed by atoms with Crippen LogP contribution in [0.5, 0.6) is 0 Å². The molecule has 3 atom stereocenters. The van der Waals surface area contributed by atoms with Crippen LogP contribution in [0.25, 0.3) is 0 Å². The van der Waals surface area contributed by atoms with E-state index in [1.807, 2.05) is 18.2 Å². The zero-order valence-electron chi connectivity index (χ0n) is 17.0. The zero-order valence-corrected chi connectivity index (χ0v) is 17.0. The molecule has 0 amide bonds. The fourth-order valence-corrected chi connectivity index (χ4v) is 3.05. The first-order valence-electron chi connectivity index (χ1n) is 9.13. The minimum absolute atomic E-state index is 0.183. The summed E-state index contributed by atoms with van der Waals surface area (Å²) in [5, 5.41) is 13.6. The molecule has 0 fully saturated rings. The van der Waals surface area contributed by atoms with Gasteiger partial charge < -0.3 is 24.7 Å². The van der Waals surface area contributed by atoms with Crippen molar-refractivity contribution in [3.8, 4) is 0 Å². The minimum atomic E-state index is -1.42. The van der Waals surface area contributed by atoms with Gasteiger partial charge in [-0.1, -0.05) is 18.2 Å². The van der Waals surface area contributed by atoms with Crippen LogP contribution in [0.15, 0.2) is 41.6 Å². The SMILES string of the molecule is CC(=O)OC[C@H](O)[C@@H](OC(C)=O)[C@H](CC=O)/C(C(C)=O)=C(\C)Nc1ccccc1. The number of carbonyl (C=O) groups is 4. The lowest BCUT2D eigenvalue weighted by Crippen LogP contribution is -2.43. The summed E-state index contributed by atoms with van der Waals surface area (Å²) in [5.74, 6) is -2.61. The summed E-state index contributed by atoms with van der Waals surface area (Å²) < 4.78 is 10.0. The number of rotatable bonds is 11. The second-order valence-electron chi connectivity index (χ2n) is 6.54. The van der Waals surface area contributed by atoms with Crippen molar-refractivity contribution in [3.05, 3.63) is 41.6 Å². The van der Waals surface area contributed by atoms with Gasteiger partial charge in [0.1, 0.15) is 25.1 Å². The number of aliphatic hydroxyl groups is 1. The number of carbonyl (C=O) groups excluding carboxylic acids is 4. The molecule has 0 heterocycles. The van der Waals surface area contributed by atoms with Crippen molar-refractivity contribution in [1.82, 2.24) is 0 Å². The van der Waals surface area contributed by atoms with E-state index in [0.29, 0.717) is 12.0 Å². The lowest BCUT2D eigenvalue weighted by atomic mass is 9.84. The second-order valence-corrected chi connectivity index (χ2v) is 6.54. The highest BCUT2D eigenvalue weighted by atomic mass is 16.6. The van der Waals surface area contributed by atoms with Crippen LogP contribution >= 0.6 is 0 Å². The number of anilines is 1. The summed E-state index contributed by atoms with van der Waals surface area (Å²) in [6.45, 7) is 4.86. The molecule has 0 aliphatic carbocycles. The normalized spacial score (nSPS) is 14.7. The summed E-state index contributed by atoms with van der Waals surface area (Å²) >= 11 is 0. The fraction of sp³-hybridized carbons (Fsp3) is 0.429. The number of aldehydes is 1. The molecule has 0 bridgehead atoms. The van der Waals surface area contributed by atoms with Gasteiger partial charge in [0, 0.05) is 43.1 Å². The first-order valence-corrected chi connectivity index (χ1v) is 9.13. The van der Waals surface area contributed by atoms with Crippen molar-refractivity contribution in [3.63, 3.8) is 0 Å². The molecule has 29 heavy (non-hydrogen) atoms. The average Bonchev–Trinajstić information content (AvgIpc) is 2.64. The summed E-state index contributed by atoms with van der Waals surface area (Å²) in [7, 11) is 0. The molecule has 1 aromatic rings. The van der Waals surface area contributed by atoms with Crippen molar-refractivity contribution < 1.29 is 33.8 Å². The molecule has 0 unspecified atom stereocenters. The molecule has 8 nitrogen and oxygen atoms in total. The van der Waals surface area contributed by atoms with Crippen molar-refractivity contribution in [2.75, 3.05) is 11.9 Å². The number of benzene rings is 1. The molecule has 0 aliphatic heterocycles. The van der Waals surface area contributed by atoms with E-state index in [4.69, 9.17) is 9.47 Å². The largest absolute Gasteiger partial charge is 0.463 e. The maximum atomic E-state index is 12.4. The second kappa shape index (κ2) is 11.8.